The molecule has 0 saturated carbocycles. The van der Waals surface area contributed by atoms with Crippen LogP contribution in [-0.2, 0) is 17.8 Å². The summed E-state index contributed by atoms with van der Waals surface area (Å²) in [7, 11) is 0. The number of phenolic OH excluding ortho intramolecular Hbond substituents is 1. The van der Waals surface area contributed by atoms with Crippen molar-refractivity contribution in [3.63, 3.8) is 0 Å². The quantitative estimate of drug-likeness (QED) is 0.301. The van der Waals surface area contributed by atoms with E-state index in [1.54, 1.807) is 6.08 Å². The summed E-state index contributed by atoms with van der Waals surface area (Å²) < 4.78 is 2.11. The van der Waals surface area contributed by atoms with Crippen LogP contribution in [0.15, 0.2) is 86.0 Å². The van der Waals surface area contributed by atoms with Crippen molar-refractivity contribution in [1.29, 1.82) is 0 Å². The first kappa shape index (κ1) is 21.2. The molecule has 3 aromatic carbocycles. The number of nitrogens with two attached hydrogens (primary N) is 1. The van der Waals surface area contributed by atoms with Crippen molar-refractivity contribution in [1.82, 2.24) is 4.57 Å². The van der Waals surface area contributed by atoms with Crippen LogP contribution in [0.1, 0.15) is 22.4 Å². The molecule has 4 aromatic rings. The minimum atomic E-state index is -0.606. The van der Waals surface area contributed by atoms with Crippen LogP contribution in [0.3, 0.4) is 0 Å². The molecule has 0 radical (unpaired) electrons. The molecule has 0 bridgehead atoms. The van der Waals surface area contributed by atoms with E-state index in [0.717, 1.165) is 33.5 Å². The summed E-state index contributed by atoms with van der Waals surface area (Å²) >= 11 is 0. The Morgan fingerprint density at radius 2 is 1.72 bits per heavy atom. The second kappa shape index (κ2) is 8.60. The number of amides is 1. The SMILES string of the molecule is C=CCc1ccc2c(c1O)c(C(=C)C(N)=O)c(C)n2Cc1ccccc1-c1ccccc1. The third-order valence-corrected chi connectivity index (χ3v) is 5.94. The highest BCUT2D eigenvalue weighted by Crippen LogP contribution is 2.39. The maximum atomic E-state index is 12.0. The number of benzene rings is 3. The number of phenols is 1. The Morgan fingerprint density at radius 3 is 2.41 bits per heavy atom. The van der Waals surface area contributed by atoms with E-state index in [-0.39, 0.29) is 11.3 Å². The van der Waals surface area contributed by atoms with Crippen molar-refractivity contribution in [3.8, 4) is 16.9 Å². The molecule has 0 spiro atoms. The van der Waals surface area contributed by atoms with Crippen molar-refractivity contribution >= 4 is 22.4 Å². The number of hydrogen-bond acceptors (Lipinski definition) is 2. The van der Waals surface area contributed by atoms with Gasteiger partial charge in [-0.15, -0.1) is 6.58 Å². The van der Waals surface area contributed by atoms with Crippen LogP contribution in [0.4, 0.5) is 0 Å². The van der Waals surface area contributed by atoms with Gasteiger partial charge < -0.3 is 15.4 Å². The fourth-order valence-electron chi connectivity index (χ4n) is 4.34. The van der Waals surface area contributed by atoms with Gasteiger partial charge in [0.25, 0.3) is 0 Å². The van der Waals surface area contributed by atoms with Crippen LogP contribution in [-0.4, -0.2) is 15.6 Å². The molecule has 3 N–H and O–H groups in total. The molecule has 32 heavy (non-hydrogen) atoms. The maximum absolute atomic E-state index is 12.0. The van der Waals surface area contributed by atoms with Crippen molar-refractivity contribution in [3.05, 3.63) is 108 Å². The second-order valence-electron chi connectivity index (χ2n) is 7.87. The molecule has 0 aliphatic heterocycles. The average Bonchev–Trinajstić information content (AvgIpc) is 3.08. The van der Waals surface area contributed by atoms with Crippen LogP contribution in [0.2, 0.25) is 0 Å². The van der Waals surface area contributed by atoms with Gasteiger partial charge in [0.2, 0.25) is 5.91 Å². The molecule has 0 aliphatic carbocycles. The molecular weight excluding hydrogens is 396 g/mol. The molecule has 0 fully saturated rings. The van der Waals surface area contributed by atoms with Gasteiger partial charge in [0.15, 0.2) is 0 Å². The van der Waals surface area contributed by atoms with Crippen LogP contribution >= 0.6 is 0 Å². The molecule has 0 saturated heterocycles. The van der Waals surface area contributed by atoms with Gasteiger partial charge >= 0.3 is 0 Å². The Labute approximate surface area is 187 Å². The summed E-state index contributed by atoms with van der Waals surface area (Å²) in [4.78, 5) is 12.0. The minimum Gasteiger partial charge on any atom is -0.507 e. The number of carbonyl (C=O) groups is 1. The zero-order chi connectivity index (χ0) is 22.8. The number of primary amides is 1. The number of allylic oxidation sites excluding steroid dienone is 1. The van der Waals surface area contributed by atoms with Crippen molar-refractivity contribution in [2.45, 2.75) is 19.9 Å². The van der Waals surface area contributed by atoms with Crippen LogP contribution in [0, 0.1) is 6.92 Å². The summed E-state index contributed by atoms with van der Waals surface area (Å²) in [6, 6.07) is 22.4. The molecule has 4 rings (SSSR count). The third-order valence-electron chi connectivity index (χ3n) is 5.94. The highest BCUT2D eigenvalue weighted by Gasteiger charge is 2.23. The van der Waals surface area contributed by atoms with Crippen molar-refractivity contribution < 1.29 is 9.90 Å². The highest BCUT2D eigenvalue weighted by molar-refractivity contribution is 6.22. The van der Waals surface area contributed by atoms with Gasteiger partial charge in [-0.25, -0.2) is 0 Å². The largest absolute Gasteiger partial charge is 0.507 e. The lowest BCUT2D eigenvalue weighted by Crippen LogP contribution is -2.13. The number of aromatic hydroxyl groups is 1. The van der Waals surface area contributed by atoms with Gasteiger partial charge in [0, 0.05) is 23.4 Å². The minimum absolute atomic E-state index is 0.137. The molecule has 0 atom stereocenters. The molecular formula is C28H26N2O2. The van der Waals surface area contributed by atoms with Gasteiger partial charge in [-0.2, -0.15) is 0 Å². The number of rotatable bonds is 7. The lowest BCUT2D eigenvalue weighted by Gasteiger charge is -2.14. The van der Waals surface area contributed by atoms with E-state index >= 15 is 0 Å². The summed E-state index contributed by atoms with van der Waals surface area (Å²) in [6.07, 6.45) is 2.26. The van der Waals surface area contributed by atoms with E-state index in [4.69, 9.17) is 5.73 Å². The van der Waals surface area contributed by atoms with Gasteiger partial charge in [0.05, 0.1) is 10.9 Å². The molecule has 1 amide bonds. The summed E-state index contributed by atoms with van der Waals surface area (Å²) in [5.74, 6) is -0.469. The van der Waals surface area contributed by atoms with Gasteiger partial charge in [-0.05, 0) is 41.7 Å². The van der Waals surface area contributed by atoms with Gasteiger partial charge in [0.1, 0.15) is 5.75 Å². The van der Waals surface area contributed by atoms with Gasteiger partial charge in [-0.3, -0.25) is 4.79 Å². The highest BCUT2D eigenvalue weighted by atomic mass is 16.3. The Hall–Kier alpha value is -4.05. The van der Waals surface area contributed by atoms with Crippen molar-refractivity contribution in [2.24, 2.45) is 5.73 Å². The Bertz CT molecular complexity index is 1350. The van der Waals surface area contributed by atoms with E-state index in [1.165, 1.54) is 0 Å². The monoisotopic (exact) mass is 422 g/mol. The summed E-state index contributed by atoms with van der Waals surface area (Å²) in [5, 5.41) is 11.7. The normalized spacial score (nSPS) is 10.9. The van der Waals surface area contributed by atoms with E-state index in [0.29, 0.717) is 23.9 Å². The fourth-order valence-corrected chi connectivity index (χ4v) is 4.34. The molecule has 0 unspecified atom stereocenters. The molecule has 160 valence electrons. The first-order valence-electron chi connectivity index (χ1n) is 10.5. The topological polar surface area (TPSA) is 68.2 Å². The number of hydrogen-bond donors (Lipinski definition) is 2. The maximum Gasteiger partial charge on any atom is 0.248 e. The first-order valence-corrected chi connectivity index (χ1v) is 10.5. The molecule has 1 aromatic heterocycles. The Kier molecular flexibility index (Phi) is 5.69. The zero-order valence-corrected chi connectivity index (χ0v) is 18.1. The number of carbonyl (C=O) groups excluding carboxylic acids is 1. The lowest BCUT2D eigenvalue weighted by atomic mass is 9.99. The lowest BCUT2D eigenvalue weighted by molar-refractivity contribution is -0.112. The number of aromatic nitrogens is 1. The smallest absolute Gasteiger partial charge is 0.248 e. The molecule has 1 heterocycles. The van der Waals surface area contributed by atoms with E-state index < -0.39 is 5.91 Å². The standard InChI is InChI=1S/C28H26N2O2/c1-4-10-21-15-16-24-26(27(21)31)25(18(2)28(29)32)19(3)30(24)17-22-13-8-9-14-23(22)20-11-6-5-7-12-20/h4-9,11-16,31H,1-2,10,17H2,3H3,(H2,29,32). The Balaban J connectivity index is 1.95. The molecule has 4 nitrogen and oxygen atoms in total. The van der Waals surface area contributed by atoms with Crippen LogP contribution < -0.4 is 5.73 Å². The van der Waals surface area contributed by atoms with E-state index in [1.807, 2.05) is 49.4 Å². The van der Waals surface area contributed by atoms with E-state index in [9.17, 15) is 9.90 Å². The summed E-state index contributed by atoms with van der Waals surface area (Å²) in [5.41, 5.74) is 12.2. The fraction of sp³-hybridized carbons (Fsp3) is 0.107. The summed E-state index contributed by atoms with van der Waals surface area (Å²) in [6.45, 7) is 10.2. The average molecular weight is 423 g/mol. The first-order chi connectivity index (χ1) is 15.4. The Morgan fingerprint density at radius 1 is 1.03 bits per heavy atom. The van der Waals surface area contributed by atoms with E-state index in [2.05, 4.69) is 42.0 Å². The van der Waals surface area contributed by atoms with Gasteiger partial charge in [-0.1, -0.05) is 73.3 Å². The zero-order valence-electron chi connectivity index (χ0n) is 18.1. The number of fused-ring (bicyclic) bond motifs is 1. The van der Waals surface area contributed by atoms with Crippen LogP contribution in [0.25, 0.3) is 27.6 Å². The molecule has 4 heteroatoms. The third kappa shape index (κ3) is 3.60. The predicted octanol–water partition coefficient (Wildman–Crippen LogP) is 5.60. The number of nitrogens with zero attached hydrogens (tertiary/aromatic N) is 1. The van der Waals surface area contributed by atoms with Crippen molar-refractivity contribution in [2.75, 3.05) is 0 Å². The van der Waals surface area contributed by atoms with Crippen LogP contribution in [0.5, 0.6) is 5.75 Å². The second-order valence-corrected chi connectivity index (χ2v) is 7.87. The molecule has 0 aliphatic rings. The predicted molar refractivity (Wildman–Crippen MR) is 131 cm³/mol.